The lowest BCUT2D eigenvalue weighted by Gasteiger charge is -2.32. The van der Waals surface area contributed by atoms with E-state index in [1.807, 2.05) is 39.0 Å². The van der Waals surface area contributed by atoms with Crippen molar-refractivity contribution in [1.82, 2.24) is 10.2 Å². The second kappa shape index (κ2) is 7.57. The van der Waals surface area contributed by atoms with Crippen molar-refractivity contribution in [2.75, 3.05) is 32.1 Å². The third-order valence-electron chi connectivity index (χ3n) is 4.09. The van der Waals surface area contributed by atoms with Crippen molar-refractivity contribution >= 4 is 17.5 Å². The van der Waals surface area contributed by atoms with Crippen LogP contribution in [0, 0.1) is 13.8 Å². The maximum absolute atomic E-state index is 12.4. The van der Waals surface area contributed by atoms with E-state index in [1.165, 1.54) is 4.90 Å². The van der Waals surface area contributed by atoms with E-state index in [9.17, 15) is 9.59 Å². The van der Waals surface area contributed by atoms with Crippen LogP contribution in [0.3, 0.4) is 0 Å². The Kier molecular flexibility index (Phi) is 5.74. The van der Waals surface area contributed by atoms with Crippen LogP contribution in [0.25, 0.3) is 0 Å². The molecule has 2 N–H and O–H groups in total. The van der Waals surface area contributed by atoms with Gasteiger partial charge < -0.3 is 20.3 Å². The van der Waals surface area contributed by atoms with Crippen LogP contribution in [0.1, 0.15) is 18.1 Å². The fourth-order valence-corrected chi connectivity index (χ4v) is 2.73. The standard InChI is InChI=1S/C17H25N3O3/c1-11-6-5-7-12(2)15(11)19-14(21)10-20(4)17(22)16-13(3)23-9-8-18-16/h5-7,13,16,18H,8-10H2,1-4H3,(H,19,21)/t13-,16+/m1/s1. The van der Waals surface area contributed by atoms with Crippen molar-refractivity contribution < 1.29 is 14.3 Å². The number of benzene rings is 1. The van der Waals surface area contributed by atoms with Crippen molar-refractivity contribution in [1.29, 1.82) is 0 Å². The molecule has 1 aliphatic rings. The highest BCUT2D eigenvalue weighted by Gasteiger charge is 2.31. The fraction of sp³-hybridized carbons (Fsp3) is 0.529. The van der Waals surface area contributed by atoms with Gasteiger partial charge in [-0.1, -0.05) is 18.2 Å². The third kappa shape index (κ3) is 4.30. The Morgan fingerprint density at radius 3 is 2.61 bits per heavy atom. The number of anilines is 1. The first-order chi connectivity index (χ1) is 10.9. The quantitative estimate of drug-likeness (QED) is 0.871. The summed E-state index contributed by atoms with van der Waals surface area (Å²) in [5.74, 6) is -0.337. The molecule has 6 nitrogen and oxygen atoms in total. The summed E-state index contributed by atoms with van der Waals surface area (Å²) in [6.45, 7) is 7.01. The highest BCUT2D eigenvalue weighted by Crippen LogP contribution is 2.19. The van der Waals surface area contributed by atoms with E-state index in [2.05, 4.69) is 10.6 Å². The first-order valence-electron chi connectivity index (χ1n) is 7.86. The summed E-state index contributed by atoms with van der Waals surface area (Å²) >= 11 is 0. The Balaban J connectivity index is 1.95. The highest BCUT2D eigenvalue weighted by molar-refractivity contribution is 5.96. The van der Waals surface area contributed by atoms with Gasteiger partial charge in [-0.3, -0.25) is 9.59 Å². The molecule has 0 saturated carbocycles. The zero-order valence-corrected chi connectivity index (χ0v) is 14.2. The lowest BCUT2D eigenvalue weighted by molar-refractivity contribution is -0.140. The van der Waals surface area contributed by atoms with Gasteiger partial charge in [0.2, 0.25) is 11.8 Å². The van der Waals surface area contributed by atoms with Crippen LogP contribution in [0.5, 0.6) is 0 Å². The minimum absolute atomic E-state index is 0.0114. The van der Waals surface area contributed by atoms with Crippen molar-refractivity contribution in [3.8, 4) is 0 Å². The summed E-state index contributed by atoms with van der Waals surface area (Å²) in [4.78, 5) is 26.1. The molecule has 126 valence electrons. The van der Waals surface area contributed by atoms with Crippen LogP contribution in [-0.2, 0) is 14.3 Å². The van der Waals surface area contributed by atoms with Crippen LogP contribution in [0.4, 0.5) is 5.69 Å². The summed E-state index contributed by atoms with van der Waals surface area (Å²) < 4.78 is 5.48. The lowest BCUT2D eigenvalue weighted by atomic mass is 10.1. The SMILES string of the molecule is Cc1cccc(C)c1NC(=O)CN(C)C(=O)[C@H]1NCCO[C@@H]1C. The van der Waals surface area contributed by atoms with Gasteiger partial charge in [0.1, 0.15) is 6.04 Å². The molecule has 1 heterocycles. The number of rotatable bonds is 4. The first kappa shape index (κ1) is 17.4. The van der Waals surface area contributed by atoms with E-state index in [4.69, 9.17) is 4.74 Å². The maximum atomic E-state index is 12.4. The summed E-state index contributed by atoms with van der Waals surface area (Å²) in [6.07, 6.45) is -0.194. The molecule has 0 spiro atoms. The van der Waals surface area contributed by atoms with Crippen LogP contribution >= 0.6 is 0 Å². The molecule has 0 aliphatic carbocycles. The minimum atomic E-state index is -0.401. The normalized spacial score (nSPS) is 20.9. The molecule has 0 unspecified atom stereocenters. The number of hydrogen-bond donors (Lipinski definition) is 2. The average molecular weight is 319 g/mol. The fourth-order valence-electron chi connectivity index (χ4n) is 2.73. The van der Waals surface area contributed by atoms with Crippen LogP contribution in [0.15, 0.2) is 18.2 Å². The number of nitrogens with one attached hydrogen (secondary N) is 2. The van der Waals surface area contributed by atoms with Crippen LogP contribution in [0.2, 0.25) is 0 Å². The Morgan fingerprint density at radius 1 is 1.35 bits per heavy atom. The summed E-state index contributed by atoms with van der Waals surface area (Å²) in [7, 11) is 1.63. The molecular formula is C17H25N3O3. The van der Waals surface area contributed by atoms with Gasteiger partial charge in [-0.05, 0) is 31.9 Å². The van der Waals surface area contributed by atoms with E-state index in [1.54, 1.807) is 7.05 Å². The van der Waals surface area contributed by atoms with E-state index >= 15 is 0 Å². The summed E-state index contributed by atoms with van der Waals surface area (Å²) in [5, 5.41) is 6.04. The number of morpholine rings is 1. The largest absolute Gasteiger partial charge is 0.375 e. The lowest BCUT2D eigenvalue weighted by Crippen LogP contribution is -2.56. The molecule has 23 heavy (non-hydrogen) atoms. The van der Waals surface area contributed by atoms with Crippen LogP contribution in [-0.4, -0.2) is 55.6 Å². The van der Waals surface area contributed by atoms with Crippen molar-refractivity contribution in [3.63, 3.8) is 0 Å². The number of carbonyl (C=O) groups excluding carboxylic acids is 2. The Bertz CT molecular complexity index is 568. The number of carbonyl (C=O) groups is 2. The summed E-state index contributed by atoms with van der Waals surface area (Å²) in [6, 6.07) is 5.44. The van der Waals surface area contributed by atoms with E-state index in [0.29, 0.717) is 13.2 Å². The molecule has 2 amide bonds. The smallest absolute Gasteiger partial charge is 0.243 e. The van der Waals surface area contributed by atoms with E-state index in [-0.39, 0.29) is 24.5 Å². The van der Waals surface area contributed by atoms with Crippen LogP contribution < -0.4 is 10.6 Å². The molecule has 2 atom stereocenters. The molecule has 1 saturated heterocycles. The number of hydrogen-bond acceptors (Lipinski definition) is 4. The number of ether oxygens (including phenoxy) is 1. The summed E-state index contributed by atoms with van der Waals surface area (Å²) in [5.41, 5.74) is 2.82. The van der Waals surface area contributed by atoms with Gasteiger partial charge in [0.15, 0.2) is 0 Å². The molecule has 0 bridgehead atoms. The second-order valence-corrected chi connectivity index (χ2v) is 6.02. The van der Waals surface area contributed by atoms with E-state index in [0.717, 1.165) is 16.8 Å². The number of aryl methyl sites for hydroxylation is 2. The molecule has 1 fully saturated rings. The minimum Gasteiger partial charge on any atom is -0.375 e. The third-order valence-corrected chi connectivity index (χ3v) is 4.09. The van der Waals surface area contributed by atoms with Gasteiger partial charge in [0.05, 0.1) is 19.3 Å². The molecule has 1 aliphatic heterocycles. The van der Waals surface area contributed by atoms with Crippen molar-refractivity contribution in [3.05, 3.63) is 29.3 Å². The Labute approximate surface area is 137 Å². The first-order valence-corrected chi connectivity index (χ1v) is 7.86. The maximum Gasteiger partial charge on any atom is 0.243 e. The number of amides is 2. The van der Waals surface area contributed by atoms with Gasteiger partial charge in [-0.25, -0.2) is 0 Å². The van der Waals surface area contributed by atoms with Gasteiger partial charge in [0.25, 0.3) is 0 Å². The molecule has 1 aromatic rings. The Morgan fingerprint density at radius 2 is 2.00 bits per heavy atom. The molecule has 0 radical (unpaired) electrons. The predicted octanol–water partition coefficient (Wildman–Crippen LogP) is 1.08. The van der Waals surface area contributed by atoms with Gasteiger partial charge in [-0.2, -0.15) is 0 Å². The molecule has 2 rings (SSSR count). The monoisotopic (exact) mass is 319 g/mol. The molecule has 0 aromatic heterocycles. The van der Waals surface area contributed by atoms with Gasteiger partial charge in [-0.15, -0.1) is 0 Å². The second-order valence-electron chi connectivity index (χ2n) is 6.02. The zero-order chi connectivity index (χ0) is 17.0. The van der Waals surface area contributed by atoms with E-state index < -0.39 is 6.04 Å². The number of para-hydroxylation sites is 1. The molecule has 6 heteroatoms. The zero-order valence-electron chi connectivity index (χ0n) is 14.2. The van der Waals surface area contributed by atoms with Crippen molar-refractivity contribution in [2.45, 2.75) is 32.9 Å². The molecule has 1 aromatic carbocycles. The Hall–Kier alpha value is -1.92. The molecular weight excluding hydrogens is 294 g/mol. The number of likely N-dealkylation sites (N-methyl/N-ethyl adjacent to an activating group) is 1. The van der Waals surface area contributed by atoms with Gasteiger partial charge in [0, 0.05) is 19.3 Å². The average Bonchev–Trinajstić information content (AvgIpc) is 2.51. The predicted molar refractivity (Wildman–Crippen MR) is 89.4 cm³/mol. The number of nitrogens with zero attached hydrogens (tertiary/aromatic N) is 1. The van der Waals surface area contributed by atoms with Gasteiger partial charge >= 0.3 is 0 Å². The van der Waals surface area contributed by atoms with Crippen molar-refractivity contribution in [2.24, 2.45) is 0 Å². The topological polar surface area (TPSA) is 70.7 Å². The highest BCUT2D eigenvalue weighted by atomic mass is 16.5.